The molecule has 0 aromatic carbocycles. The summed E-state index contributed by atoms with van der Waals surface area (Å²) in [5.41, 5.74) is -0.330. The van der Waals surface area contributed by atoms with Crippen molar-refractivity contribution in [1.82, 2.24) is 4.90 Å². The largest absolute Gasteiger partial charge is 0.374 e. The Kier molecular flexibility index (Phi) is 4.38. The van der Waals surface area contributed by atoms with E-state index in [2.05, 4.69) is 23.3 Å². The van der Waals surface area contributed by atoms with Crippen LogP contribution in [0.1, 0.15) is 33.1 Å². The van der Waals surface area contributed by atoms with E-state index in [0.717, 1.165) is 19.6 Å². The standard InChI is InChI=1S/C13H21NO/c1-12(2)13(3,15)8-7-11-14-9-5-4-6-10-14/h15H,1,4-6,9-11H2,2-3H3/t13-/m1/s1. The van der Waals surface area contributed by atoms with Gasteiger partial charge in [0.2, 0.25) is 0 Å². The molecule has 0 aromatic heterocycles. The lowest BCUT2D eigenvalue weighted by Gasteiger charge is -2.24. The second-order valence-corrected chi connectivity index (χ2v) is 4.49. The maximum absolute atomic E-state index is 9.83. The lowest BCUT2D eigenvalue weighted by Crippen LogP contribution is -2.30. The van der Waals surface area contributed by atoms with E-state index in [9.17, 15) is 5.11 Å². The highest BCUT2D eigenvalue weighted by Crippen LogP contribution is 2.12. The molecule has 1 heterocycles. The first-order valence-electron chi connectivity index (χ1n) is 5.63. The zero-order chi connectivity index (χ0) is 11.3. The number of nitrogens with zero attached hydrogens (tertiary/aromatic N) is 1. The Balaban J connectivity index is 2.41. The molecule has 1 aliphatic heterocycles. The molecule has 2 heteroatoms. The van der Waals surface area contributed by atoms with Crippen molar-refractivity contribution < 1.29 is 5.11 Å². The average Bonchev–Trinajstić information content (AvgIpc) is 2.19. The number of likely N-dealkylation sites (tertiary alicyclic amines) is 1. The monoisotopic (exact) mass is 207 g/mol. The van der Waals surface area contributed by atoms with Crippen molar-refractivity contribution in [3.63, 3.8) is 0 Å². The number of aliphatic hydroxyl groups is 1. The van der Waals surface area contributed by atoms with Gasteiger partial charge in [-0.25, -0.2) is 0 Å². The smallest absolute Gasteiger partial charge is 0.143 e. The van der Waals surface area contributed by atoms with Crippen molar-refractivity contribution in [2.75, 3.05) is 19.6 Å². The third-order valence-electron chi connectivity index (χ3n) is 2.91. The van der Waals surface area contributed by atoms with Crippen molar-refractivity contribution in [2.24, 2.45) is 0 Å². The van der Waals surface area contributed by atoms with Crippen LogP contribution in [-0.4, -0.2) is 35.2 Å². The molecule has 0 bridgehead atoms. The van der Waals surface area contributed by atoms with Crippen LogP contribution in [0.3, 0.4) is 0 Å². The first-order valence-corrected chi connectivity index (χ1v) is 5.63. The van der Waals surface area contributed by atoms with Gasteiger partial charge in [0.05, 0.1) is 6.54 Å². The molecule has 0 aromatic rings. The second-order valence-electron chi connectivity index (χ2n) is 4.49. The first kappa shape index (κ1) is 12.3. The molecule has 1 rings (SSSR count). The summed E-state index contributed by atoms with van der Waals surface area (Å²) >= 11 is 0. The second kappa shape index (κ2) is 5.34. The normalized spacial score (nSPS) is 21.3. The fraction of sp³-hybridized carbons (Fsp3) is 0.692. The molecule has 0 radical (unpaired) electrons. The molecule has 0 amide bonds. The van der Waals surface area contributed by atoms with Gasteiger partial charge < -0.3 is 5.11 Å². The molecule has 1 fully saturated rings. The van der Waals surface area contributed by atoms with Crippen LogP contribution < -0.4 is 0 Å². The van der Waals surface area contributed by atoms with Gasteiger partial charge in [-0.2, -0.15) is 0 Å². The summed E-state index contributed by atoms with van der Waals surface area (Å²) in [6, 6.07) is 0. The number of hydrogen-bond acceptors (Lipinski definition) is 2. The number of rotatable bonds is 2. The van der Waals surface area contributed by atoms with Gasteiger partial charge in [-0.05, 0) is 45.4 Å². The molecule has 0 unspecified atom stereocenters. The number of piperidine rings is 1. The molecule has 1 N–H and O–H groups in total. The van der Waals surface area contributed by atoms with E-state index in [0.29, 0.717) is 5.57 Å². The van der Waals surface area contributed by atoms with Gasteiger partial charge in [0.25, 0.3) is 0 Å². The molecule has 2 nitrogen and oxygen atoms in total. The Morgan fingerprint density at radius 3 is 2.53 bits per heavy atom. The van der Waals surface area contributed by atoms with Crippen molar-refractivity contribution >= 4 is 0 Å². The molecule has 1 saturated heterocycles. The predicted molar refractivity (Wildman–Crippen MR) is 63.5 cm³/mol. The van der Waals surface area contributed by atoms with Crippen LogP contribution >= 0.6 is 0 Å². The molecule has 84 valence electrons. The van der Waals surface area contributed by atoms with Crippen LogP contribution in [0.25, 0.3) is 0 Å². The molecule has 0 saturated carbocycles. The molecule has 15 heavy (non-hydrogen) atoms. The van der Waals surface area contributed by atoms with Gasteiger partial charge in [0.1, 0.15) is 5.60 Å². The van der Waals surface area contributed by atoms with Gasteiger partial charge in [0, 0.05) is 0 Å². The molecule has 1 atom stereocenters. The minimum Gasteiger partial charge on any atom is -0.374 e. The van der Waals surface area contributed by atoms with Crippen molar-refractivity contribution in [3.8, 4) is 11.8 Å². The predicted octanol–water partition coefficient (Wildman–Crippen LogP) is 1.80. The van der Waals surface area contributed by atoms with E-state index in [1.54, 1.807) is 13.8 Å². The minimum atomic E-state index is -1.03. The van der Waals surface area contributed by atoms with Crippen molar-refractivity contribution in [2.45, 2.75) is 38.7 Å². The van der Waals surface area contributed by atoms with E-state index in [1.165, 1.54) is 19.3 Å². The molecule has 1 aliphatic rings. The summed E-state index contributed by atoms with van der Waals surface area (Å²) in [4.78, 5) is 2.34. The van der Waals surface area contributed by atoms with Crippen molar-refractivity contribution in [3.05, 3.63) is 12.2 Å². The molecular formula is C13H21NO. The Hall–Kier alpha value is -0.780. The van der Waals surface area contributed by atoms with Crippen molar-refractivity contribution in [1.29, 1.82) is 0 Å². The fourth-order valence-corrected chi connectivity index (χ4v) is 1.55. The number of hydrogen-bond donors (Lipinski definition) is 1. The van der Waals surface area contributed by atoms with Crippen LogP contribution in [0.2, 0.25) is 0 Å². The summed E-state index contributed by atoms with van der Waals surface area (Å²) in [7, 11) is 0. The van der Waals surface area contributed by atoms with Crippen LogP contribution in [0.5, 0.6) is 0 Å². The lowest BCUT2D eigenvalue weighted by molar-refractivity contribution is 0.161. The minimum absolute atomic E-state index is 0.702. The van der Waals surface area contributed by atoms with Crippen LogP contribution in [0, 0.1) is 11.8 Å². The Bertz CT molecular complexity index is 277. The summed E-state index contributed by atoms with van der Waals surface area (Å²) < 4.78 is 0. The van der Waals surface area contributed by atoms with Gasteiger partial charge >= 0.3 is 0 Å². The van der Waals surface area contributed by atoms with Crippen LogP contribution in [0.4, 0.5) is 0 Å². The van der Waals surface area contributed by atoms with Crippen LogP contribution in [0.15, 0.2) is 12.2 Å². The summed E-state index contributed by atoms with van der Waals surface area (Å²) in [6.07, 6.45) is 3.89. The first-order chi connectivity index (χ1) is 7.02. The third-order valence-corrected chi connectivity index (χ3v) is 2.91. The van der Waals surface area contributed by atoms with Gasteiger partial charge in [0.15, 0.2) is 0 Å². The quantitative estimate of drug-likeness (QED) is 0.551. The Morgan fingerprint density at radius 1 is 1.40 bits per heavy atom. The summed E-state index contributed by atoms with van der Waals surface area (Å²) in [5, 5.41) is 9.83. The fourth-order valence-electron chi connectivity index (χ4n) is 1.55. The highest BCUT2D eigenvalue weighted by Gasteiger charge is 2.17. The van der Waals surface area contributed by atoms with Crippen LogP contribution in [-0.2, 0) is 0 Å². The highest BCUT2D eigenvalue weighted by atomic mass is 16.3. The van der Waals surface area contributed by atoms with Gasteiger partial charge in [-0.15, -0.1) is 0 Å². The maximum Gasteiger partial charge on any atom is 0.143 e. The Morgan fingerprint density at radius 2 is 2.00 bits per heavy atom. The SMILES string of the molecule is C=C(C)[C@](C)(O)C#CCN1CCCCC1. The van der Waals surface area contributed by atoms with E-state index in [1.807, 2.05) is 0 Å². The van der Waals surface area contributed by atoms with E-state index in [-0.39, 0.29) is 0 Å². The van der Waals surface area contributed by atoms with Gasteiger partial charge in [-0.1, -0.05) is 24.8 Å². The summed E-state index contributed by atoms with van der Waals surface area (Å²) in [5.74, 6) is 5.91. The van der Waals surface area contributed by atoms with E-state index in [4.69, 9.17) is 0 Å². The maximum atomic E-state index is 9.83. The molecule has 0 aliphatic carbocycles. The lowest BCUT2D eigenvalue weighted by atomic mass is 10.00. The third kappa shape index (κ3) is 4.07. The van der Waals surface area contributed by atoms with Gasteiger partial charge in [-0.3, -0.25) is 4.90 Å². The Labute approximate surface area is 93.0 Å². The van der Waals surface area contributed by atoms with E-state index >= 15 is 0 Å². The highest BCUT2D eigenvalue weighted by molar-refractivity contribution is 5.26. The summed E-state index contributed by atoms with van der Waals surface area (Å²) in [6.45, 7) is 10.3. The molecule has 0 spiro atoms. The average molecular weight is 207 g/mol. The molecular weight excluding hydrogens is 186 g/mol. The zero-order valence-corrected chi connectivity index (χ0v) is 9.84. The zero-order valence-electron chi connectivity index (χ0n) is 9.84. The van der Waals surface area contributed by atoms with E-state index < -0.39 is 5.60 Å². The topological polar surface area (TPSA) is 23.5 Å².